The number of nitrogens with zero attached hydrogens (tertiary/aromatic N) is 3. The van der Waals surface area contributed by atoms with Crippen LogP contribution >= 0.6 is 0 Å². The lowest BCUT2D eigenvalue weighted by atomic mass is 10.2. The van der Waals surface area contributed by atoms with Crippen molar-refractivity contribution in [3.05, 3.63) is 71.9 Å². The number of ether oxygens (including phenoxy) is 1. The van der Waals surface area contributed by atoms with Crippen molar-refractivity contribution >= 4 is 44.5 Å². The summed E-state index contributed by atoms with van der Waals surface area (Å²) in [4.78, 5) is 20.3. The van der Waals surface area contributed by atoms with Crippen LogP contribution < -0.4 is 10.6 Å². The lowest BCUT2D eigenvalue weighted by molar-refractivity contribution is -0.115. The molecule has 13 heteroatoms. The zero-order chi connectivity index (χ0) is 26.8. The first-order valence-corrected chi connectivity index (χ1v) is 12.5. The molecule has 2 N–H and O–H groups in total. The third-order valence-electron chi connectivity index (χ3n) is 5.20. The van der Waals surface area contributed by atoms with Crippen molar-refractivity contribution in [1.29, 1.82) is 0 Å². The van der Waals surface area contributed by atoms with E-state index in [1.54, 1.807) is 19.1 Å². The number of hydrogen-bond donors (Lipinski definition) is 2. The van der Waals surface area contributed by atoms with Crippen LogP contribution in [0.15, 0.2) is 65.7 Å². The van der Waals surface area contributed by atoms with Crippen LogP contribution in [-0.2, 0) is 14.8 Å². The minimum absolute atomic E-state index is 0.0110. The maximum atomic E-state index is 13.3. The SMILES string of the molecule is CCOC(=O)c1ccc(Nc2nc(NCC(F)(F)F)c3ccn(S(=O)(=O)c4ccc(C)cc4)c3n2)cc1. The molecule has 0 spiro atoms. The Balaban J connectivity index is 1.76. The first-order chi connectivity index (χ1) is 17.5. The molecule has 2 aromatic heterocycles. The predicted octanol–water partition coefficient (Wildman–Crippen LogP) is 4.87. The van der Waals surface area contributed by atoms with E-state index in [0.717, 1.165) is 9.54 Å². The molecule has 0 amide bonds. The van der Waals surface area contributed by atoms with Crippen molar-refractivity contribution in [3.8, 4) is 0 Å². The molecule has 194 valence electrons. The monoisotopic (exact) mass is 533 g/mol. The Morgan fingerprint density at radius 1 is 1.03 bits per heavy atom. The average Bonchev–Trinajstić information content (AvgIpc) is 3.28. The molecule has 4 aromatic rings. The predicted molar refractivity (Wildman–Crippen MR) is 132 cm³/mol. The molecular weight excluding hydrogens is 511 g/mol. The first kappa shape index (κ1) is 25.9. The highest BCUT2D eigenvalue weighted by atomic mass is 32.2. The van der Waals surface area contributed by atoms with E-state index in [1.807, 2.05) is 6.92 Å². The van der Waals surface area contributed by atoms with Crippen molar-refractivity contribution in [1.82, 2.24) is 13.9 Å². The number of aryl methyl sites for hydroxylation is 1. The van der Waals surface area contributed by atoms with Gasteiger partial charge in [-0.25, -0.2) is 17.2 Å². The minimum atomic E-state index is -4.54. The number of aromatic nitrogens is 3. The molecule has 0 aliphatic heterocycles. The maximum absolute atomic E-state index is 13.3. The fourth-order valence-corrected chi connectivity index (χ4v) is 4.71. The lowest BCUT2D eigenvalue weighted by Crippen LogP contribution is -2.22. The number of fused-ring (bicyclic) bond motifs is 1. The van der Waals surface area contributed by atoms with Crippen LogP contribution in [-0.4, -0.2) is 47.7 Å². The Labute approximate surface area is 210 Å². The smallest absolute Gasteiger partial charge is 0.405 e. The summed E-state index contributed by atoms with van der Waals surface area (Å²) in [5, 5.41) is 5.15. The van der Waals surface area contributed by atoms with Crippen LogP contribution in [0.4, 0.5) is 30.6 Å². The van der Waals surface area contributed by atoms with Gasteiger partial charge in [0.05, 0.1) is 22.5 Å². The molecule has 0 saturated heterocycles. The summed E-state index contributed by atoms with van der Waals surface area (Å²) in [7, 11) is -4.11. The molecule has 0 fully saturated rings. The van der Waals surface area contributed by atoms with E-state index in [2.05, 4.69) is 20.6 Å². The average molecular weight is 534 g/mol. The van der Waals surface area contributed by atoms with Gasteiger partial charge in [-0.1, -0.05) is 17.7 Å². The van der Waals surface area contributed by atoms with Crippen molar-refractivity contribution in [2.75, 3.05) is 23.8 Å². The second-order valence-corrected chi connectivity index (χ2v) is 9.77. The van der Waals surface area contributed by atoms with E-state index in [9.17, 15) is 26.4 Å². The number of benzene rings is 2. The second kappa shape index (κ2) is 10.1. The summed E-state index contributed by atoms with van der Waals surface area (Å²) in [5.41, 5.74) is 1.45. The van der Waals surface area contributed by atoms with Crippen LogP contribution in [0.5, 0.6) is 0 Å². The molecule has 2 heterocycles. The summed E-state index contributed by atoms with van der Waals surface area (Å²) in [6.45, 7) is 2.32. The number of nitrogens with one attached hydrogen (secondary N) is 2. The van der Waals surface area contributed by atoms with Crippen molar-refractivity contribution in [2.45, 2.75) is 24.9 Å². The zero-order valence-electron chi connectivity index (χ0n) is 19.7. The second-order valence-electron chi connectivity index (χ2n) is 7.95. The Kier molecular flexibility index (Phi) is 7.07. The fourth-order valence-electron chi connectivity index (χ4n) is 3.42. The van der Waals surface area contributed by atoms with Crippen LogP contribution in [0.25, 0.3) is 11.0 Å². The molecule has 9 nitrogen and oxygen atoms in total. The molecule has 0 atom stereocenters. The normalized spacial score (nSPS) is 11.9. The summed E-state index contributed by atoms with van der Waals surface area (Å²) < 4.78 is 71.3. The Hall–Kier alpha value is -4.13. The van der Waals surface area contributed by atoms with Gasteiger partial charge in [-0.3, -0.25) is 0 Å². The summed E-state index contributed by atoms with van der Waals surface area (Å²) >= 11 is 0. The third-order valence-corrected chi connectivity index (χ3v) is 6.88. The van der Waals surface area contributed by atoms with Gasteiger partial charge in [0.25, 0.3) is 10.0 Å². The third kappa shape index (κ3) is 5.82. The highest BCUT2D eigenvalue weighted by molar-refractivity contribution is 7.90. The van der Waals surface area contributed by atoms with E-state index >= 15 is 0 Å². The van der Waals surface area contributed by atoms with Gasteiger partial charge >= 0.3 is 12.1 Å². The van der Waals surface area contributed by atoms with Crippen LogP contribution in [0, 0.1) is 6.92 Å². The van der Waals surface area contributed by atoms with Gasteiger partial charge in [0.15, 0.2) is 5.65 Å². The van der Waals surface area contributed by atoms with E-state index in [1.165, 1.54) is 48.7 Å². The van der Waals surface area contributed by atoms with Gasteiger partial charge in [-0.2, -0.15) is 23.1 Å². The largest absolute Gasteiger partial charge is 0.462 e. The van der Waals surface area contributed by atoms with Gasteiger partial charge < -0.3 is 15.4 Å². The van der Waals surface area contributed by atoms with Gasteiger partial charge in [0.2, 0.25) is 5.95 Å². The number of esters is 1. The van der Waals surface area contributed by atoms with Crippen molar-refractivity contribution in [2.24, 2.45) is 0 Å². The van der Waals surface area contributed by atoms with Crippen LogP contribution in [0.1, 0.15) is 22.8 Å². The van der Waals surface area contributed by atoms with Crippen molar-refractivity contribution < 1.29 is 31.1 Å². The quantitative estimate of drug-likeness (QED) is 0.308. The number of alkyl halides is 3. The number of carbonyl (C=O) groups is 1. The van der Waals surface area contributed by atoms with Gasteiger partial charge in [0.1, 0.15) is 12.4 Å². The van der Waals surface area contributed by atoms with E-state index < -0.39 is 28.7 Å². The highest BCUT2D eigenvalue weighted by Crippen LogP contribution is 2.29. The van der Waals surface area contributed by atoms with Crippen LogP contribution in [0.2, 0.25) is 0 Å². The number of rotatable bonds is 8. The van der Waals surface area contributed by atoms with E-state index in [0.29, 0.717) is 11.3 Å². The topological polar surface area (TPSA) is 115 Å². The molecule has 0 aliphatic carbocycles. The standard InChI is InChI=1S/C24H22F3N5O4S/c1-3-36-22(33)16-6-8-17(9-7-16)29-23-30-20(28-14-24(25,26)27)19-12-13-32(21(19)31-23)37(34,35)18-10-4-15(2)5-11-18/h4-13H,3,14H2,1-2H3,(H2,28,29,30,31). The Bertz CT molecular complexity index is 1530. The molecule has 0 unspecified atom stereocenters. The summed E-state index contributed by atoms with van der Waals surface area (Å²) in [6, 6.07) is 13.5. The first-order valence-electron chi connectivity index (χ1n) is 11.0. The zero-order valence-corrected chi connectivity index (χ0v) is 20.5. The minimum Gasteiger partial charge on any atom is -0.462 e. The van der Waals surface area contributed by atoms with Crippen molar-refractivity contribution in [3.63, 3.8) is 0 Å². The van der Waals surface area contributed by atoms with E-state index in [4.69, 9.17) is 4.74 Å². The van der Waals surface area contributed by atoms with E-state index in [-0.39, 0.29) is 34.3 Å². The van der Waals surface area contributed by atoms with Crippen LogP contribution in [0.3, 0.4) is 0 Å². The molecule has 2 aromatic carbocycles. The molecule has 0 saturated carbocycles. The summed E-state index contributed by atoms with van der Waals surface area (Å²) in [5.74, 6) is -0.865. The van der Waals surface area contributed by atoms with Gasteiger partial charge in [-0.05, 0) is 56.3 Å². The molecule has 0 bridgehead atoms. The fraction of sp³-hybridized carbons (Fsp3) is 0.208. The number of anilines is 3. The number of hydrogen-bond acceptors (Lipinski definition) is 8. The molecule has 0 aliphatic rings. The lowest BCUT2D eigenvalue weighted by Gasteiger charge is -2.13. The molecule has 4 rings (SSSR count). The molecular formula is C24H22F3N5O4S. The Morgan fingerprint density at radius 2 is 1.70 bits per heavy atom. The Morgan fingerprint density at radius 3 is 2.32 bits per heavy atom. The maximum Gasteiger partial charge on any atom is 0.405 e. The van der Waals surface area contributed by atoms with Gasteiger partial charge in [-0.15, -0.1) is 0 Å². The van der Waals surface area contributed by atoms with Gasteiger partial charge in [0, 0.05) is 11.9 Å². The molecule has 0 radical (unpaired) electrons. The summed E-state index contributed by atoms with van der Waals surface area (Å²) in [6.07, 6.45) is -3.32. The number of carbonyl (C=O) groups excluding carboxylic acids is 1. The number of halogens is 3. The molecule has 37 heavy (non-hydrogen) atoms. The highest BCUT2D eigenvalue weighted by Gasteiger charge is 2.28.